The van der Waals surface area contributed by atoms with Gasteiger partial charge in [0.1, 0.15) is 11.7 Å². The monoisotopic (exact) mass is 348 g/mol. The number of fused-ring (bicyclic) bond motifs is 1. The Balaban J connectivity index is 2.21. The number of ether oxygens (including phenoxy) is 1. The fourth-order valence-corrected chi connectivity index (χ4v) is 2.94. The second-order valence-electron chi connectivity index (χ2n) is 4.79. The first-order valence-electron chi connectivity index (χ1n) is 6.18. The molecule has 3 rings (SSSR count). The number of benzene rings is 1. The van der Waals surface area contributed by atoms with Crippen LogP contribution in [-0.4, -0.2) is 16.1 Å². The highest BCUT2D eigenvalue weighted by Gasteiger charge is 2.39. The highest BCUT2D eigenvalue weighted by molar-refractivity contribution is 9.10. The molecule has 2 unspecified atom stereocenters. The maximum absolute atomic E-state index is 13.4. The van der Waals surface area contributed by atoms with Gasteiger partial charge >= 0.3 is 0 Å². The van der Waals surface area contributed by atoms with Crippen molar-refractivity contribution in [2.45, 2.75) is 12.8 Å². The predicted octanol–water partition coefficient (Wildman–Crippen LogP) is 3.26. The molecule has 2 heterocycles. The summed E-state index contributed by atoms with van der Waals surface area (Å²) in [6.07, 6.45) is 0. The van der Waals surface area contributed by atoms with Gasteiger partial charge in [0, 0.05) is 17.2 Å². The third-order valence-corrected chi connectivity index (χ3v) is 4.14. The summed E-state index contributed by atoms with van der Waals surface area (Å²) < 4.78 is 19.1. The Morgan fingerprint density at radius 3 is 2.95 bits per heavy atom. The van der Waals surface area contributed by atoms with E-state index in [1.165, 1.54) is 6.07 Å². The number of aromatic nitrogens is 2. The lowest BCUT2D eigenvalue weighted by Gasteiger charge is -2.27. The molecule has 1 aromatic heterocycles. The van der Waals surface area contributed by atoms with Crippen molar-refractivity contribution in [2.24, 2.45) is 5.92 Å². The quantitative estimate of drug-likeness (QED) is 0.829. The summed E-state index contributed by atoms with van der Waals surface area (Å²) in [5, 5.41) is 24.1. The molecule has 0 aliphatic carbocycles. The van der Waals surface area contributed by atoms with Gasteiger partial charge in [-0.25, -0.2) is 4.39 Å². The maximum atomic E-state index is 13.4. The minimum atomic E-state index is -0.772. The lowest BCUT2D eigenvalue weighted by Crippen LogP contribution is -2.31. The largest absolute Gasteiger partial charge is 0.422 e. The Labute approximate surface area is 128 Å². The lowest BCUT2D eigenvalue weighted by atomic mass is 9.80. The van der Waals surface area contributed by atoms with Crippen LogP contribution in [0.1, 0.15) is 22.7 Å². The van der Waals surface area contributed by atoms with Gasteiger partial charge in [0.2, 0.25) is 11.8 Å². The number of halogens is 2. The highest BCUT2D eigenvalue weighted by Crippen LogP contribution is 2.43. The maximum Gasteiger partial charge on any atom is 0.243 e. The molecule has 21 heavy (non-hydrogen) atoms. The Hall–Kier alpha value is -2.20. The molecule has 0 radical (unpaired) electrons. The van der Waals surface area contributed by atoms with Crippen molar-refractivity contribution in [1.82, 2.24) is 10.2 Å². The van der Waals surface area contributed by atoms with Crippen LogP contribution in [0.5, 0.6) is 5.88 Å². The van der Waals surface area contributed by atoms with E-state index in [2.05, 4.69) is 32.2 Å². The number of aromatic amines is 1. The number of hydrogen-bond acceptors (Lipinski definition) is 4. The van der Waals surface area contributed by atoms with E-state index >= 15 is 0 Å². The minimum absolute atomic E-state index is 0.151. The number of rotatable bonds is 1. The molecule has 1 aromatic carbocycles. The summed E-state index contributed by atoms with van der Waals surface area (Å²) in [7, 11) is 0. The summed E-state index contributed by atoms with van der Waals surface area (Å²) in [4.78, 5) is 0. The normalized spacial score (nSPS) is 20.6. The van der Waals surface area contributed by atoms with Gasteiger partial charge in [-0.3, -0.25) is 10.5 Å². The van der Waals surface area contributed by atoms with Crippen molar-refractivity contribution < 1.29 is 9.13 Å². The van der Waals surface area contributed by atoms with Crippen LogP contribution in [-0.2, 0) is 0 Å². The van der Waals surface area contributed by atoms with Crippen molar-refractivity contribution in [3.05, 3.63) is 45.3 Å². The molecule has 7 heteroatoms. The van der Waals surface area contributed by atoms with Gasteiger partial charge in [0.05, 0.1) is 10.5 Å². The van der Waals surface area contributed by atoms with Crippen molar-refractivity contribution in [3.63, 3.8) is 0 Å². The molecule has 0 bridgehead atoms. The number of nitrogens with one attached hydrogen (secondary N) is 2. The molecule has 2 aromatic rings. The van der Waals surface area contributed by atoms with Gasteiger partial charge in [0.25, 0.3) is 0 Å². The van der Waals surface area contributed by atoms with E-state index in [0.29, 0.717) is 10.4 Å². The number of H-pyrrole nitrogens is 1. The van der Waals surface area contributed by atoms with Crippen LogP contribution in [0, 0.1) is 35.4 Å². The molecule has 0 fully saturated rings. The van der Waals surface area contributed by atoms with Crippen LogP contribution < -0.4 is 4.74 Å². The molecule has 1 aliphatic heterocycles. The first kappa shape index (κ1) is 13.8. The standard InChI is InChI=1S/C14H10BrFN4O/c1-6-11-12(7-2-3-10(16)9(15)4-7)8(5-17)13(18)21-14(11)20-19-6/h2-4,8,12,18H,1H3,(H,19,20). The van der Waals surface area contributed by atoms with Gasteiger partial charge in [-0.15, -0.1) is 5.10 Å². The van der Waals surface area contributed by atoms with Gasteiger partial charge in [0.15, 0.2) is 0 Å². The summed E-state index contributed by atoms with van der Waals surface area (Å²) in [6.45, 7) is 1.82. The second-order valence-corrected chi connectivity index (χ2v) is 5.65. The molecule has 2 N–H and O–H groups in total. The van der Waals surface area contributed by atoms with Crippen LogP contribution in [0.25, 0.3) is 0 Å². The van der Waals surface area contributed by atoms with Crippen LogP contribution in [0.2, 0.25) is 0 Å². The van der Waals surface area contributed by atoms with Gasteiger partial charge in [-0.05, 0) is 40.5 Å². The van der Waals surface area contributed by atoms with E-state index in [1.54, 1.807) is 12.1 Å². The second kappa shape index (κ2) is 4.97. The van der Waals surface area contributed by atoms with E-state index in [9.17, 15) is 9.65 Å². The van der Waals surface area contributed by atoms with Crippen LogP contribution in [0.15, 0.2) is 22.7 Å². The predicted molar refractivity (Wildman–Crippen MR) is 76.7 cm³/mol. The fourth-order valence-electron chi connectivity index (χ4n) is 2.54. The summed E-state index contributed by atoms with van der Waals surface area (Å²) in [5.74, 6) is -1.41. The molecule has 2 atom stereocenters. The van der Waals surface area contributed by atoms with Crippen LogP contribution >= 0.6 is 15.9 Å². The lowest BCUT2D eigenvalue weighted by molar-refractivity contribution is 0.436. The summed E-state index contributed by atoms with van der Waals surface area (Å²) in [6, 6.07) is 6.67. The topological polar surface area (TPSA) is 85.5 Å². The smallest absolute Gasteiger partial charge is 0.243 e. The third-order valence-electron chi connectivity index (χ3n) is 3.53. The minimum Gasteiger partial charge on any atom is -0.422 e. The highest BCUT2D eigenvalue weighted by atomic mass is 79.9. The average molecular weight is 349 g/mol. The fraction of sp³-hybridized carbons (Fsp3) is 0.214. The molecule has 106 valence electrons. The average Bonchev–Trinajstić information content (AvgIpc) is 2.81. The SMILES string of the molecule is Cc1[nH]nc2c1C(c1ccc(F)c(Br)c1)C(C#N)C(=N)O2. The van der Waals surface area contributed by atoms with Crippen molar-refractivity contribution >= 4 is 21.8 Å². The van der Waals surface area contributed by atoms with Crippen molar-refractivity contribution in [2.75, 3.05) is 0 Å². The number of nitrogens with zero attached hydrogens (tertiary/aromatic N) is 2. The van der Waals surface area contributed by atoms with Gasteiger partial charge in [-0.2, -0.15) is 5.26 Å². The van der Waals surface area contributed by atoms with Crippen LogP contribution in [0.3, 0.4) is 0 Å². The molecular weight excluding hydrogens is 339 g/mol. The molecule has 0 saturated heterocycles. The van der Waals surface area contributed by atoms with Gasteiger partial charge < -0.3 is 4.74 Å². The van der Waals surface area contributed by atoms with Crippen molar-refractivity contribution in [3.8, 4) is 11.9 Å². The zero-order chi connectivity index (χ0) is 15.1. The van der Waals surface area contributed by atoms with Crippen LogP contribution in [0.4, 0.5) is 4.39 Å². The van der Waals surface area contributed by atoms with Crippen molar-refractivity contribution in [1.29, 1.82) is 10.7 Å². The first-order valence-corrected chi connectivity index (χ1v) is 6.98. The van der Waals surface area contributed by atoms with E-state index in [0.717, 1.165) is 16.8 Å². The number of nitriles is 1. The number of hydrogen-bond donors (Lipinski definition) is 2. The molecule has 0 amide bonds. The molecular formula is C14H10BrFN4O. The Morgan fingerprint density at radius 2 is 2.29 bits per heavy atom. The Kier molecular flexibility index (Phi) is 3.26. The van der Waals surface area contributed by atoms with E-state index in [-0.39, 0.29) is 11.7 Å². The zero-order valence-electron chi connectivity index (χ0n) is 10.9. The Bertz CT molecular complexity index is 780. The van der Waals surface area contributed by atoms with E-state index in [4.69, 9.17) is 10.1 Å². The molecule has 1 aliphatic rings. The van der Waals surface area contributed by atoms with E-state index < -0.39 is 11.8 Å². The summed E-state index contributed by atoms with van der Waals surface area (Å²) in [5.41, 5.74) is 2.23. The zero-order valence-corrected chi connectivity index (χ0v) is 12.5. The van der Waals surface area contributed by atoms with Gasteiger partial charge in [-0.1, -0.05) is 6.07 Å². The molecule has 0 spiro atoms. The molecule has 5 nitrogen and oxygen atoms in total. The number of aryl methyl sites for hydroxylation is 1. The third kappa shape index (κ3) is 2.12. The van der Waals surface area contributed by atoms with E-state index in [1.807, 2.05) is 6.92 Å². The summed E-state index contributed by atoms with van der Waals surface area (Å²) >= 11 is 3.15. The molecule has 0 saturated carbocycles. The first-order chi connectivity index (χ1) is 10.0. The Morgan fingerprint density at radius 1 is 1.52 bits per heavy atom.